The van der Waals surface area contributed by atoms with Crippen molar-refractivity contribution in [2.75, 3.05) is 0 Å². The Morgan fingerprint density at radius 2 is 2.06 bits per heavy atom. The molecule has 1 fully saturated rings. The Bertz CT molecular complexity index is 264. The molecule has 1 aliphatic rings. The van der Waals surface area contributed by atoms with E-state index < -0.39 is 17.5 Å². The first-order valence-electron chi connectivity index (χ1n) is 6.87. The minimum absolute atomic E-state index is 0.0941. The molecule has 4 unspecified atom stereocenters. The molecule has 0 bridgehead atoms. The van der Waals surface area contributed by atoms with E-state index in [2.05, 4.69) is 13.8 Å². The van der Waals surface area contributed by atoms with Crippen LogP contribution in [0.5, 0.6) is 0 Å². The van der Waals surface area contributed by atoms with Gasteiger partial charge in [0.1, 0.15) is 0 Å². The van der Waals surface area contributed by atoms with Crippen molar-refractivity contribution in [3.8, 4) is 0 Å². The van der Waals surface area contributed by atoms with Crippen LogP contribution in [-0.2, 0) is 4.79 Å². The van der Waals surface area contributed by atoms with Crippen LogP contribution in [0.2, 0.25) is 0 Å². The van der Waals surface area contributed by atoms with E-state index in [-0.39, 0.29) is 5.92 Å². The van der Waals surface area contributed by atoms with Gasteiger partial charge in [-0.15, -0.1) is 0 Å². The van der Waals surface area contributed by atoms with Gasteiger partial charge in [-0.2, -0.15) is 0 Å². The normalized spacial score (nSPS) is 35.5. The smallest absolute Gasteiger partial charge is 0.309 e. The van der Waals surface area contributed by atoms with Crippen molar-refractivity contribution in [2.24, 2.45) is 17.8 Å². The molecule has 3 heteroatoms. The van der Waals surface area contributed by atoms with Crippen LogP contribution in [0.25, 0.3) is 0 Å². The summed E-state index contributed by atoms with van der Waals surface area (Å²) in [6, 6.07) is 0. The van der Waals surface area contributed by atoms with Gasteiger partial charge in [-0.25, -0.2) is 0 Å². The van der Waals surface area contributed by atoms with E-state index in [0.29, 0.717) is 18.8 Å². The van der Waals surface area contributed by atoms with E-state index in [1.54, 1.807) is 0 Å². The zero-order valence-electron chi connectivity index (χ0n) is 11.3. The Kier molecular flexibility index (Phi) is 4.99. The van der Waals surface area contributed by atoms with E-state index in [1.165, 1.54) is 0 Å². The van der Waals surface area contributed by atoms with Crippen molar-refractivity contribution in [1.29, 1.82) is 0 Å². The number of carbonyl (C=O) groups is 1. The molecule has 4 atom stereocenters. The molecule has 0 amide bonds. The summed E-state index contributed by atoms with van der Waals surface area (Å²) >= 11 is 0. The molecule has 0 aromatic heterocycles. The average Bonchev–Trinajstić information content (AvgIpc) is 2.24. The highest BCUT2D eigenvalue weighted by atomic mass is 16.4. The van der Waals surface area contributed by atoms with Gasteiger partial charge in [-0.05, 0) is 31.1 Å². The number of unbranched alkanes of at least 4 members (excludes halogenated alkanes) is 1. The predicted octanol–water partition coefficient (Wildman–Crippen LogP) is 3.06. The summed E-state index contributed by atoms with van der Waals surface area (Å²) in [5.74, 6) is -0.904. The molecule has 0 aromatic rings. The third kappa shape index (κ3) is 3.21. The molecule has 0 saturated heterocycles. The van der Waals surface area contributed by atoms with Crippen LogP contribution in [-0.4, -0.2) is 21.8 Å². The second-order valence-corrected chi connectivity index (χ2v) is 5.81. The van der Waals surface area contributed by atoms with E-state index in [1.807, 2.05) is 6.92 Å². The summed E-state index contributed by atoms with van der Waals surface area (Å²) in [6.45, 7) is 6.15. The van der Waals surface area contributed by atoms with Crippen LogP contribution < -0.4 is 0 Å². The van der Waals surface area contributed by atoms with Gasteiger partial charge < -0.3 is 10.2 Å². The van der Waals surface area contributed by atoms with Gasteiger partial charge in [0.15, 0.2) is 0 Å². The lowest BCUT2D eigenvalue weighted by molar-refractivity contribution is -0.164. The first kappa shape index (κ1) is 14.5. The third-order valence-electron chi connectivity index (χ3n) is 4.37. The third-order valence-corrected chi connectivity index (χ3v) is 4.37. The zero-order chi connectivity index (χ0) is 13.1. The maximum atomic E-state index is 11.4. The van der Waals surface area contributed by atoms with Gasteiger partial charge in [-0.3, -0.25) is 4.79 Å². The summed E-state index contributed by atoms with van der Waals surface area (Å²) in [5, 5.41) is 20.1. The second kappa shape index (κ2) is 5.85. The number of hydrogen-bond acceptors (Lipinski definition) is 2. The fourth-order valence-electron chi connectivity index (χ4n) is 3.13. The van der Waals surface area contributed by atoms with Crippen LogP contribution in [0, 0.1) is 17.8 Å². The Hall–Kier alpha value is -0.570. The molecule has 2 N–H and O–H groups in total. The van der Waals surface area contributed by atoms with Gasteiger partial charge in [0.05, 0.1) is 11.5 Å². The standard InChI is InChI=1S/C14H26O3/c1-4-5-6-12(13(15)16)14(17)9-10(2)7-8-11(14)3/h10-12,17H,4-9H2,1-3H3,(H,15,16). The SMILES string of the molecule is CCCCC(C(=O)O)C1(O)CC(C)CCC1C. The number of aliphatic hydroxyl groups is 1. The maximum Gasteiger partial charge on any atom is 0.309 e. The fourth-order valence-corrected chi connectivity index (χ4v) is 3.13. The van der Waals surface area contributed by atoms with Gasteiger partial charge in [0.2, 0.25) is 0 Å². The van der Waals surface area contributed by atoms with Gasteiger partial charge >= 0.3 is 5.97 Å². The molecular formula is C14H26O3. The number of carboxylic acid groups (broad SMARTS) is 1. The molecule has 0 spiro atoms. The molecule has 100 valence electrons. The summed E-state index contributed by atoms with van der Waals surface area (Å²) < 4.78 is 0. The van der Waals surface area contributed by atoms with Crippen LogP contribution in [0.1, 0.15) is 59.3 Å². The molecule has 17 heavy (non-hydrogen) atoms. The molecule has 1 saturated carbocycles. The molecule has 0 aliphatic heterocycles. The van der Waals surface area contributed by atoms with Gasteiger partial charge in [0.25, 0.3) is 0 Å². The lowest BCUT2D eigenvalue weighted by Crippen LogP contribution is -2.51. The van der Waals surface area contributed by atoms with Gasteiger partial charge in [0, 0.05) is 0 Å². The van der Waals surface area contributed by atoms with Crippen molar-refractivity contribution < 1.29 is 15.0 Å². The van der Waals surface area contributed by atoms with Crippen LogP contribution in [0.4, 0.5) is 0 Å². The Labute approximate surface area is 104 Å². The molecule has 3 nitrogen and oxygen atoms in total. The van der Waals surface area contributed by atoms with Crippen molar-refractivity contribution in [2.45, 2.75) is 64.9 Å². The highest BCUT2D eigenvalue weighted by molar-refractivity contribution is 5.71. The molecular weight excluding hydrogens is 216 g/mol. The van der Waals surface area contributed by atoms with E-state index in [9.17, 15) is 15.0 Å². The minimum Gasteiger partial charge on any atom is -0.481 e. The average molecular weight is 242 g/mol. The van der Waals surface area contributed by atoms with Crippen LogP contribution >= 0.6 is 0 Å². The van der Waals surface area contributed by atoms with Crippen LogP contribution in [0.3, 0.4) is 0 Å². The highest BCUT2D eigenvalue weighted by Crippen LogP contribution is 2.43. The first-order valence-corrected chi connectivity index (χ1v) is 6.87. The monoisotopic (exact) mass is 242 g/mol. The lowest BCUT2D eigenvalue weighted by atomic mass is 9.65. The second-order valence-electron chi connectivity index (χ2n) is 5.81. The highest BCUT2D eigenvalue weighted by Gasteiger charge is 2.47. The Balaban J connectivity index is 2.84. The Morgan fingerprint density at radius 1 is 1.41 bits per heavy atom. The van der Waals surface area contributed by atoms with Crippen molar-refractivity contribution >= 4 is 5.97 Å². The zero-order valence-corrected chi connectivity index (χ0v) is 11.3. The predicted molar refractivity (Wildman–Crippen MR) is 67.8 cm³/mol. The maximum absolute atomic E-state index is 11.4. The van der Waals surface area contributed by atoms with Gasteiger partial charge in [-0.1, -0.05) is 40.0 Å². The first-order chi connectivity index (χ1) is 7.91. The lowest BCUT2D eigenvalue weighted by Gasteiger charge is -2.44. The fraction of sp³-hybridized carbons (Fsp3) is 0.929. The summed E-state index contributed by atoms with van der Waals surface area (Å²) in [5.41, 5.74) is -1.00. The molecule has 0 heterocycles. The van der Waals surface area contributed by atoms with E-state index >= 15 is 0 Å². The summed E-state index contributed by atoms with van der Waals surface area (Å²) in [4.78, 5) is 11.4. The number of carboxylic acids is 1. The van der Waals surface area contributed by atoms with Crippen LogP contribution in [0.15, 0.2) is 0 Å². The van der Waals surface area contributed by atoms with Crippen molar-refractivity contribution in [3.05, 3.63) is 0 Å². The van der Waals surface area contributed by atoms with E-state index in [4.69, 9.17) is 0 Å². The largest absolute Gasteiger partial charge is 0.481 e. The number of hydrogen-bond donors (Lipinski definition) is 2. The topological polar surface area (TPSA) is 57.5 Å². The van der Waals surface area contributed by atoms with Crippen molar-refractivity contribution in [1.82, 2.24) is 0 Å². The molecule has 0 aromatic carbocycles. The quantitative estimate of drug-likeness (QED) is 0.779. The summed E-state index contributed by atoms with van der Waals surface area (Å²) in [7, 11) is 0. The summed E-state index contributed by atoms with van der Waals surface area (Å²) in [6.07, 6.45) is 5.12. The molecule has 0 radical (unpaired) electrons. The van der Waals surface area contributed by atoms with E-state index in [0.717, 1.165) is 25.7 Å². The molecule has 1 rings (SSSR count). The minimum atomic E-state index is -1.00. The molecule has 1 aliphatic carbocycles. The number of aliphatic carboxylic acids is 1. The Morgan fingerprint density at radius 3 is 2.59 bits per heavy atom. The van der Waals surface area contributed by atoms with Crippen molar-refractivity contribution in [3.63, 3.8) is 0 Å². The number of rotatable bonds is 5.